The van der Waals surface area contributed by atoms with Gasteiger partial charge in [-0.15, -0.1) is 0 Å². The molecule has 1 saturated heterocycles. The van der Waals surface area contributed by atoms with Gasteiger partial charge in [-0.05, 0) is 42.7 Å². The van der Waals surface area contributed by atoms with Gasteiger partial charge in [0, 0.05) is 38.9 Å². The van der Waals surface area contributed by atoms with Crippen LogP contribution in [-0.4, -0.2) is 55.7 Å². The summed E-state index contributed by atoms with van der Waals surface area (Å²) in [6.45, 7) is 1.91. The lowest BCUT2D eigenvalue weighted by Crippen LogP contribution is -2.45. The van der Waals surface area contributed by atoms with Crippen molar-refractivity contribution in [3.63, 3.8) is 0 Å². The molecular weight excluding hydrogens is 314 g/mol. The molecular formula is C20H25N3O2. The summed E-state index contributed by atoms with van der Waals surface area (Å²) in [5.74, 6) is 1.05. The van der Waals surface area contributed by atoms with E-state index in [4.69, 9.17) is 4.74 Å². The van der Waals surface area contributed by atoms with E-state index in [2.05, 4.69) is 11.1 Å². The number of pyridine rings is 1. The van der Waals surface area contributed by atoms with Crippen molar-refractivity contribution in [1.82, 2.24) is 9.88 Å². The van der Waals surface area contributed by atoms with E-state index in [1.54, 1.807) is 0 Å². The zero-order chi connectivity index (χ0) is 17.6. The van der Waals surface area contributed by atoms with Crippen LogP contribution in [0.25, 0.3) is 0 Å². The van der Waals surface area contributed by atoms with Crippen LogP contribution in [0.3, 0.4) is 0 Å². The topological polar surface area (TPSA) is 45.7 Å². The van der Waals surface area contributed by atoms with Gasteiger partial charge in [-0.25, -0.2) is 4.98 Å². The fraction of sp³-hybridized carbons (Fsp3) is 0.400. The number of amides is 1. The molecule has 0 N–H and O–H groups in total. The largest absolute Gasteiger partial charge is 0.375 e. The second-order valence-electron chi connectivity index (χ2n) is 6.57. The van der Waals surface area contributed by atoms with Crippen LogP contribution < -0.4 is 4.90 Å². The lowest BCUT2D eigenvalue weighted by molar-refractivity contribution is -0.0246. The number of carbonyl (C=O) groups excluding carboxylic acids is 1. The molecule has 1 aliphatic heterocycles. The average molecular weight is 339 g/mol. The molecule has 0 bridgehead atoms. The summed E-state index contributed by atoms with van der Waals surface area (Å²) < 4.78 is 5.87. The second kappa shape index (κ2) is 8.12. The Kier molecular flexibility index (Phi) is 5.66. The third-order valence-corrected chi connectivity index (χ3v) is 4.47. The maximum atomic E-state index is 12.6. The van der Waals surface area contributed by atoms with Gasteiger partial charge in [0.05, 0.1) is 12.7 Å². The minimum absolute atomic E-state index is 0.0809. The maximum Gasteiger partial charge on any atom is 0.254 e. The number of anilines is 1. The number of hydrogen-bond acceptors (Lipinski definition) is 4. The normalized spacial score (nSPS) is 17.4. The highest BCUT2D eigenvalue weighted by Crippen LogP contribution is 2.17. The van der Waals surface area contributed by atoms with Gasteiger partial charge in [-0.3, -0.25) is 4.79 Å². The van der Waals surface area contributed by atoms with E-state index in [0.717, 1.165) is 24.2 Å². The summed E-state index contributed by atoms with van der Waals surface area (Å²) in [6, 6.07) is 13.6. The van der Waals surface area contributed by atoms with Crippen LogP contribution in [0, 0.1) is 0 Å². The first-order valence-electron chi connectivity index (χ1n) is 8.71. The molecule has 25 heavy (non-hydrogen) atoms. The number of nitrogens with zero attached hydrogens (tertiary/aromatic N) is 3. The van der Waals surface area contributed by atoms with Crippen molar-refractivity contribution in [3.8, 4) is 0 Å². The Morgan fingerprint density at radius 2 is 2.08 bits per heavy atom. The van der Waals surface area contributed by atoms with E-state index in [9.17, 15) is 4.79 Å². The van der Waals surface area contributed by atoms with Gasteiger partial charge in [-0.2, -0.15) is 0 Å². The van der Waals surface area contributed by atoms with Crippen molar-refractivity contribution in [2.75, 3.05) is 38.7 Å². The van der Waals surface area contributed by atoms with E-state index < -0.39 is 0 Å². The number of ether oxygens (including phenoxy) is 1. The Morgan fingerprint density at radius 1 is 1.28 bits per heavy atom. The number of carbonyl (C=O) groups is 1. The highest BCUT2D eigenvalue weighted by molar-refractivity contribution is 5.94. The third kappa shape index (κ3) is 4.57. The van der Waals surface area contributed by atoms with Gasteiger partial charge in [0.1, 0.15) is 5.82 Å². The summed E-state index contributed by atoms with van der Waals surface area (Å²) in [5.41, 5.74) is 1.99. The van der Waals surface area contributed by atoms with Gasteiger partial charge >= 0.3 is 0 Å². The van der Waals surface area contributed by atoms with Gasteiger partial charge in [0.25, 0.3) is 5.91 Å². The van der Waals surface area contributed by atoms with E-state index in [0.29, 0.717) is 19.7 Å². The molecule has 0 spiro atoms. The first kappa shape index (κ1) is 17.4. The monoisotopic (exact) mass is 339 g/mol. The average Bonchev–Trinajstić information content (AvgIpc) is 2.67. The number of aryl methyl sites for hydroxylation is 1. The lowest BCUT2D eigenvalue weighted by atomic mass is 10.1. The predicted octanol–water partition coefficient (Wildman–Crippen LogP) is 2.62. The van der Waals surface area contributed by atoms with Crippen LogP contribution in [0.1, 0.15) is 22.3 Å². The van der Waals surface area contributed by atoms with Crippen LogP contribution in [-0.2, 0) is 11.2 Å². The minimum atomic E-state index is 0.0809. The number of morpholine rings is 1. The zero-order valence-corrected chi connectivity index (χ0v) is 14.9. The zero-order valence-electron chi connectivity index (χ0n) is 14.9. The third-order valence-electron chi connectivity index (χ3n) is 4.47. The summed E-state index contributed by atoms with van der Waals surface area (Å²) in [7, 11) is 3.98. The van der Waals surface area contributed by atoms with Crippen LogP contribution in [0.4, 0.5) is 5.82 Å². The molecule has 0 radical (unpaired) electrons. The molecule has 1 amide bonds. The smallest absolute Gasteiger partial charge is 0.254 e. The summed E-state index contributed by atoms with van der Waals surface area (Å²) in [6.07, 6.45) is 3.74. The molecule has 0 unspecified atom stereocenters. The van der Waals surface area contributed by atoms with Gasteiger partial charge in [0.15, 0.2) is 0 Å². The lowest BCUT2D eigenvalue weighted by Gasteiger charge is -2.33. The molecule has 1 atom stereocenters. The molecule has 3 rings (SSSR count). The number of hydrogen-bond donors (Lipinski definition) is 0. The Hall–Kier alpha value is -2.40. The molecule has 1 fully saturated rings. The molecule has 0 aliphatic carbocycles. The van der Waals surface area contributed by atoms with Crippen molar-refractivity contribution in [2.45, 2.75) is 18.9 Å². The van der Waals surface area contributed by atoms with Crippen molar-refractivity contribution in [1.29, 1.82) is 0 Å². The van der Waals surface area contributed by atoms with Gasteiger partial charge < -0.3 is 14.5 Å². The maximum absolute atomic E-state index is 12.6. The molecule has 5 nitrogen and oxygen atoms in total. The van der Waals surface area contributed by atoms with E-state index in [1.165, 1.54) is 5.56 Å². The number of aromatic nitrogens is 1. The molecule has 1 aromatic heterocycles. The Bertz CT molecular complexity index is 703. The van der Waals surface area contributed by atoms with Crippen LogP contribution in [0.2, 0.25) is 0 Å². The van der Waals surface area contributed by atoms with Gasteiger partial charge in [-0.1, -0.05) is 18.2 Å². The summed E-state index contributed by atoms with van der Waals surface area (Å²) in [4.78, 5) is 20.8. The minimum Gasteiger partial charge on any atom is -0.375 e. The predicted molar refractivity (Wildman–Crippen MR) is 99.0 cm³/mol. The van der Waals surface area contributed by atoms with Crippen LogP contribution in [0.5, 0.6) is 0 Å². The standard InChI is InChI=1S/C20H25N3O2/c1-22(2)19-14-16(10-11-21-19)8-9-18-15-23(12-13-25-18)20(24)17-6-4-3-5-7-17/h3-7,10-11,14,18H,8-9,12-13,15H2,1-2H3/t18-/m0/s1. The van der Waals surface area contributed by atoms with Crippen molar-refractivity contribution in [3.05, 3.63) is 59.8 Å². The number of rotatable bonds is 5. The molecule has 1 aromatic carbocycles. The van der Waals surface area contributed by atoms with Crippen LogP contribution in [0.15, 0.2) is 48.7 Å². The molecule has 0 saturated carbocycles. The molecule has 2 aromatic rings. The Balaban J connectivity index is 1.57. The number of benzene rings is 1. The summed E-state index contributed by atoms with van der Waals surface area (Å²) in [5, 5.41) is 0. The Labute approximate surface area is 149 Å². The van der Waals surface area contributed by atoms with Crippen molar-refractivity contribution in [2.24, 2.45) is 0 Å². The SMILES string of the molecule is CN(C)c1cc(CC[C@H]2CN(C(=O)c3ccccc3)CCO2)ccn1. The van der Waals surface area contributed by atoms with E-state index in [-0.39, 0.29) is 12.0 Å². The van der Waals surface area contributed by atoms with Crippen molar-refractivity contribution >= 4 is 11.7 Å². The molecule has 132 valence electrons. The molecule has 5 heteroatoms. The van der Waals surface area contributed by atoms with Crippen LogP contribution >= 0.6 is 0 Å². The van der Waals surface area contributed by atoms with Crippen molar-refractivity contribution < 1.29 is 9.53 Å². The first-order chi connectivity index (χ1) is 12.1. The Morgan fingerprint density at radius 3 is 2.84 bits per heavy atom. The quantitative estimate of drug-likeness (QED) is 0.840. The highest BCUT2D eigenvalue weighted by Gasteiger charge is 2.24. The van der Waals surface area contributed by atoms with E-state index in [1.807, 2.05) is 66.5 Å². The highest BCUT2D eigenvalue weighted by atomic mass is 16.5. The molecule has 1 aliphatic rings. The first-order valence-corrected chi connectivity index (χ1v) is 8.71. The fourth-order valence-corrected chi connectivity index (χ4v) is 3.03. The van der Waals surface area contributed by atoms with Gasteiger partial charge in [0.2, 0.25) is 0 Å². The fourth-order valence-electron chi connectivity index (χ4n) is 3.03. The second-order valence-corrected chi connectivity index (χ2v) is 6.57. The summed E-state index contributed by atoms with van der Waals surface area (Å²) >= 11 is 0. The van der Waals surface area contributed by atoms with E-state index >= 15 is 0 Å². The molecule has 2 heterocycles.